The first-order valence-corrected chi connectivity index (χ1v) is 9.71. The van der Waals surface area contributed by atoms with Crippen molar-refractivity contribution >= 4 is 35.7 Å². The Kier molecular flexibility index (Phi) is 7.91. The lowest BCUT2D eigenvalue weighted by atomic mass is 10.7. The van der Waals surface area contributed by atoms with Crippen LogP contribution in [0.3, 0.4) is 0 Å². The number of ether oxygens (including phenoxy) is 1. The van der Waals surface area contributed by atoms with Gasteiger partial charge in [-0.25, -0.2) is 0 Å². The monoisotopic (exact) mass is 434 g/mol. The van der Waals surface area contributed by atoms with Crippen molar-refractivity contribution < 1.29 is 4.74 Å². The molecule has 13 heteroatoms. The van der Waals surface area contributed by atoms with E-state index in [1.54, 1.807) is 0 Å². The summed E-state index contributed by atoms with van der Waals surface area (Å²) in [6.45, 7) is 0.556. The van der Waals surface area contributed by atoms with Crippen molar-refractivity contribution in [2.75, 3.05) is 113 Å². The van der Waals surface area contributed by atoms with Gasteiger partial charge in [-0.05, 0) is 0 Å². The molecule has 0 aliphatic rings. The maximum absolute atomic E-state index is 5.86. The molecule has 0 N–H and O–H groups in total. The van der Waals surface area contributed by atoms with Crippen LogP contribution in [-0.4, -0.2) is 114 Å². The Balaban J connectivity index is 2.08. The Labute approximate surface area is 184 Å². The van der Waals surface area contributed by atoms with Crippen LogP contribution in [0.5, 0.6) is 0 Å². The fourth-order valence-electron chi connectivity index (χ4n) is 2.26. The molecule has 172 valence electrons. The van der Waals surface area contributed by atoms with Crippen molar-refractivity contribution in [2.24, 2.45) is 0 Å². The molecule has 0 atom stereocenters. The number of hydrogen-bond donors (Lipinski definition) is 0. The molecule has 2 aromatic heterocycles. The minimum Gasteiger partial charge on any atom is -0.347 e. The maximum Gasteiger partial charge on any atom is 0.233 e. The van der Waals surface area contributed by atoms with E-state index in [0.29, 0.717) is 35.7 Å². The van der Waals surface area contributed by atoms with Crippen LogP contribution < -0.4 is 29.4 Å². The molecule has 0 saturated carbocycles. The molecule has 0 aromatic carbocycles. The standard InChI is InChI=1S/C18H34N12O/c1-25(2)13-19-14(26(3)4)22-17(21-13)29(9)11-31-12-30(10)18-23-15(27(5)6)20-16(24-18)28(7)8/h11-12H2,1-10H3. The zero-order valence-corrected chi connectivity index (χ0v) is 20.2. The summed E-state index contributed by atoms with van der Waals surface area (Å²) in [6, 6.07) is 0. The largest absolute Gasteiger partial charge is 0.347 e. The van der Waals surface area contributed by atoms with E-state index in [1.807, 2.05) is 99.9 Å². The Morgan fingerprint density at radius 1 is 0.419 bits per heavy atom. The van der Waals surface area contributed by atoms with Gasteiger partial charge in [0.05, 0.1) is 0 Å². The number of nitrogens with zero attached hydrogens (tertiary/aromatic N) is 12. The molecule has 0 spiro atoms. The van der Waals surface area contributed by atoms with Crippen molar-refractivity contribution in [1.29, 1.82) is 0 Å². The number of anilines is 6. The highest BCUT2D eigenvalue weighted by atomic mass is 16.5. The average molecular weight is 435 g/mol. The quantitative estimate of drug-likeness (QED) is 0.462. The summed E-state index contributed by atoms with van der Waals surface area (Å²) in [5, 5.41) is 0. The van der Waals surface area contributed by atoms with Crippen LogP contribution in [0.1, 0.15) is 0 Å². The third-order valence-corrected chi connectivity index (χ3v) is 4.05. The van der Waals surface area contributed by atoms with Crippen molar-refractivity contribution in [3.63, 3.8) is 0 Å². The normalized spacial score (nSPS) is 10.6. The van der Waals surface area contributed by atoms with Gasteiger partial charge in [0, 0.05) is 70.5 Å². The summed E-state index contributed by atoms with van der Waals surface area (Å²) in [5.41, 5.74) is 0. The highest BCUT2D eigenvalue weighted by Gasteiger charge is 2.15. The van der Waals surface area contributed by atoms with Crippen molar-refractivity contribution in [1.82, 2.24) is 29.9 Å². The number of hydrogen-bond acceptors (Lipinski definition) is 13. The third kappa shape index (κ3) is 6.38. The zero-order valence-electron chi connectivity index (χ0n) is 20.2. The lowest BCUT2D eigenvalue weighted by molar-refractivity contribution is 0.139. The van der Waals surface area contributed by atoms with Gasteiger partial charge in [0.2, 0.25) is 35.7 Å². The molecule has 0 unspecified atom stereocenters. The summed E-state index contributed by atoms with van der Waals surface area (Å²) in [6.07, 6.45) is 0. The second-order valence-electron chi connectivity index (χ2n) is 7.91. The van der Waals surface area contributed by atoms with Gasteiger partial charge in [-0.15, -0.1) is 0 Å². The maximum atomic E-state index is 5.86. The zero-order chi connectivity index (χ0) is 23.3. The molecular weight excluding hydrogens is 400 g/mol. The highest BCUT2D eigenvalue weighted by molar-refractivity contribution is 5.45. The molecule has 0 amide bonds. The summed E-state index contributed by atoms with van der Waals surface area (Å²) < 4.78 is 5.86. The predicted octanol–water partition coefficient (Wildman–Crippen LogP) is -0.175. The molecule has 13 nitrogen and oxygen atoms in total. The Hall–Kier alpha value is -3.22. The molecule has 0 saturated heterocycles. The van der Waals surface area contributed by atoms with Crippen LogP contribution in [0, 0.1) is 0 Å². The van der Waals surface area contributed by atoms with E-state index in [9.17, 15) is 0 Å². The first kappa shape index (κ1) is 24.1. The van der Waals surface area contributed by atoms with Gasteiger partial charge in [0.15, 0.2) is 0 Å². The molecule has 0 aliphatic heterocycles. The van der Waals surface area contributed by atoms with Crippen LogP contribution >= 0.6 is 0 Å². The first-order chi connectivity index (χ1) is 14.5. The SMILES string of the molecule is CN(C)c1nc(N(C)C)nc(N(C)COCN(C)c2nc(N(C)C)nc(N(C)C)n2)n1. The van der Waals surface area contributed by atoms with E-state index in [4.69, 9.17) is 4.74 Å². The van der Waals surface area contributed by atoms with Crippen LogP contribution in [0.15, 0.2) is 0 Å². The van der Waals surface area contributed by atoms with E-state index < -0.39 is 0 Å². The second kappa shape index (κ2) is 10.2. The Morgan fingerprint density at radius 2 is 0.645 bits per heavy atom. The Morgan fingerprint density at radius 3 is 0.871 bits per heavy atom. The van der Waals surface area contributed by atoms with Crippen LogP contribution in [-0.2, 0) is 4.74 Å². The van der Waals surface area contributed by atoms with Crippen molar-refractivity contribution in [3.8, 4) is 0 Å². The van der Waals surface area contributed by atoms with E-state index in [2.05, 4.69) is 29.9 Å². The first-order valence-electron chi connectivity index (χ1n) is 9.71. The van der Waals surface area contributed by atoms with E-state index in [-0.39, 0.29) is 13.5 Å². The van der Waals surface area contributed by atoms with Gasteiger partial charge in [-0.2, -0.15) is 29.9 Å². The molecule has 2 aromatic rings. The van der Waals surface area contributed by atoms with Gasteiger partial charge in [-0.3, -0.25) is 0 Å². The van der Waals surface area contributed by atoms with Crippen molar-refractivity contribution in [3.05, 3.63) is 0 Å². The van der Waals surface area contributed by atoms with Gasteiger partial charge < -0.3 is 34.1 Å². The van der Waals surface area contributed by atoms with E-state index in [0.717, 1.165) is 0 Å². The number of aromatic nitrogens is 6. The van der Waals surface area contributed by atoms with Gasteiger partial charge in [-0.1, -0.05) is 0 Å². The molecule has 0 bridgehead atoms. The fourth-order valence-corrected chi connectivity index (χ4v) is 2.26. The third-order valence-electron chi connectivity index (χ3n) is 4.05. The van der Waals surface area contributed by atoms with Crippen molar-refractivity contribution in [2.45, 2.75) is 0 Å². The second-order valence-corrected chi connectivity index (χ2v) is 7.91. The molecule has 2 rings (SSSR count). The van der Waals surface area contributed by atoms with E-state index >= 15 is 0 Å². The summed E-state index contributed by atoms with van der Waals surface area (Å²) in [5.74, 6) is 3.36. The van der Waals surface area contributed by atoms with Gasteiger partial charge in [0.1, 0.15) is 13.5 Å². The highest BCUT2D eigenvalue weighted by Crippen LogP contribution is 2.17. The molecule has 0 fully saturated rings. The topological polar surface area (TPSA) is 106 Å². The van der Waals surface area contributed by atoms with Crippen LogP contribution in [0.25, 0.3) is 0 Å². The molecule has 31 heavy (non-hydrogen) atoms. The number of rotatable bonds is 10. The molecule has 0 radical (unpaired) electrons. The lowest BCUT2D eigenvalue weighted by Gasteiger charge is -2.24. The molecular formula is C18H34N12O. The summed E-state index contributed by atoms with van der Waals surface area (Å²) in [7, 11) is 18.9. The lowest BCUT2D eigenvalue weighted by Crippen LogP contribution is -2.31. The van der Waals surface area contributed by atoms with Gasteiger partial charge in [0.25, 0.3) is 0 Å². The Bertz CT molecular complexity index is 735. The van der Waals surface area contributed by atoms with Gasteiger partial charge >= 0.3 is 0 Å². The minimum absolute atomic E-state index is 0.278. The smallest absolute Gasteiger partial charge is 0.233 e. The molecule has 2 heterocycles. The summed E-state index contributed by atoms with van der Waals surface area (Å²) >= 11 is 0. The van der Waals surface area contributed by atoms with Crippen LogP contribution in [0.2, 0.25) is 0 Å². The van der Waals surface area contributed by atoms with Crippen LogP contribution in [0.4, 0.5) is 35.7 Å². The summed E-state index contributed by atoms with van der Waals surface area (Å²) in [4.78, 5) is 37.9. The predicted molar refractivity (Wildman–Crippen MR) is 125 cm³/mol. The average Bonchev–Trinajstić information content (AvgIpc) is 2.72. The fraction of sp³-hybridized carbons (Fsp3) is 0.667. The minimum atomic E-state index is 0.278. The van der Waals surface area contributed by atoms with E-state index in [1.165, 1.54) is 0 Å². The molecule has 0 aliphatic carbocycles.